The zero-order chi connectivity index (χ0) is 16.3. The first-order valence-electron chi connectivity index (χ1n) is 7.17. The minimum atomic E-state index is -4.43. The fourth-order valence-corrected chi connectivity index (χ4v) is 2.30. The molecule has 0 aliphatic carbocycles. The minimum Gasteiger partial charge on any atom is -0.324 e. The van der Waals surface area contributed by atoms with E-state index >= 15 is 0 Å². The van der Waals surface area contributed by atoms with Crippen molar-refractivity contribution in [3.63, 3.8) is 0 Å². The monoisotopic (exact) mass is 308 g/mol. The minimum absolute atomic E-state index is 0.0662. The van der Waals surface area contributed by atoms with Gasteiger partial charge in [0.25, 0.3) is 0 Å². The van der Waals surface area contributed by atoms with Crippen LogP contribution in [-0.4, -0.2) is 4.98 Å². The zero-order valence-corrected chi connectivity index (χ0v) is 12.6. The Morgan fingerprint density at radius 1 is 1.05 bits per heavy atom. The molecule has 0 amide bonds. The Bertz CT molecular complexity index is 619. The third-order valence-electron chi connectivity index (χ3n) is 3.40. The van der Waals surface area contributed by atoms with Gasteiger partial charge in [-0.3, -0.25) is 0 Å². The molecule has 0 saturated heterocycles. The summed E-state index contributed by atoms with van der Waals surface area (Å²) in [5, 5.41) is 0. The van der Waals surface area contributed by atoms with Gasteiger partial charge in [0.05, 0.1) is 5.69 Å². The Balaban J connectivity index is 2.24. The van der Waals surface area contributed by atoms with Crippen LogP contribution in [-0.2, 0) is 6.18 Å². The summed E-state index contributed by atoms with van der Waals surface area (Å²) in [5.41, 5.74) is 7.14. The quantitative estimate of drug-likeness (QED) is 0.880. The highest BCUT2D eigenvalue weighted by Crippen LogP contribution is 2.30. The van der Waals surface area contributed by atoms with Crippen LogP contribution >= 0.6 is 0 Å². The molecule has 1 atom stereocenters. The van der Waals surface area contributed by atoms with Crippen LogP contribution in [0.3, 0.4) is 0 Å². The van der Waals surface area contributed by atoms with Gasteiger partial charge in [-0.15, -0.1) is 0 Å². The first-order chi connectivity index (χ1) is 10.3. The number of halogens is 3. The lowest BCUT2D eigenvalue weighted by atomic mass is 9.96. The second-order valence-electron chi connectivity index (χ2n) is 5.76. The highest BCUT2D eigenvalue weighted by molar-refractivity contribution is 5.59. The van der Waals surface area contributed by atoms with Gasteiger partial charge in [0.15, 0.2) is 0 Å². The molecule has 1 aromatic heterocycles. The lowest BCUT2D eigenvalue weighted by molar-refractivity contribution is -0.141. The maximum absolute atomic E-state index is 12.7. The second kappa shape index (κ2) is 6.48. The number of pyridine rings is 1. The second-order valence-corrected chi connectivity index (χ2v) is 5.76. The van der Waals surface area contributed by atoms with Gasteiger partial charge < -0.3 is 5.73 Å². The fraction of sp³-hybridized carbons (Fsp3) is 0.353. The van der Waals surface area contributed by atoms with Crippen LogP contribution in [0.25, 0.3) is 11.3 Å². The molecule has 2 nitrogen and oxygen atoms in total. The van der Waals surface area contributed by atoms with E-state index in [9.17, 15) is 13.2 Å². The highest BCUT2D eigenvalue weighted by Gasteiger charge is 2.32. The number of alkyl halides is 3. The van der Waals surface area contributed by atoms with Crippen LogP contribution in [0, 0.1) is 5.92 Å². The van der Waals surface area contributed by atoms with Gasteiger partial charge >= 0.3 is 6.18 Å². The van der Waals surface area contributed by atoms with Crippen molar-refractivity contribution in [3.05, 3.63) is 53.7 Å². The zero-order valence-electron chi connectivity index (χ0n) is 12.6. The summed E-state index contributed by atoms with van der Waals surface area (Å²) in [6.07, 6.45) is -3.57. The SMILES string of the molecule is CC(C)C[C@H](N)c1ccc(-c2cccc(C(F)(F)F)n2)cc1. The van der Waals surface area contributed by atoms with Gasteiger partial charge in [0.1, 0.15) is 5.69 Å². The molecule has 0 aliphatic heterocycles. The van der Waals surface area contributed by atoms with Crippen LogP contribution in [0.5, 0.6) is 0 Å². The molecule has 22 heavy (non-hydrogen) atoms. The van der Waals surface area contributed by atoms with Gasteiger partial charge in [-0.1, -0.05) is 44.2 Å². The van der Waals surface area contributed by atoms with E-state index < -0.39 is 11.9 Å². The van der Waals surface area contributed by atoms with Crippen molar-refractivity contribution < 1.29 is 13.2 Å². The molecule has 5 heteroatoms. The summed E-state index contributed by atoms with van der Waals surface area (Å²) in [6.45, 7) is 4.20. The van der Waals surface area contributed by atoms with Gasteiger partial charge in [-0.2, -0.15) is 13.2 Å². The largest absolute Gasteiger partial charge is 0.433 e. The van der Waals surface area contributed by atoms with E-state index in [1.54, 1.807) is 18.2 Å². The predicted octanol–water partition coefficient (Wildman–Crippen LogP) is 4.81. The molecule has 0 radical (unpaired) electrons. The van der Waals surface area contributed by atoms with E-state index in [2.05, 4.69) is 18.8 Å². The predicted molar refractivity (Wildman–Crippen MR) is 81.1 cm³/mol. The van der Waals surface area contributed by atoms with Crippen molar-refractivity contribution in [2.75, 3.05) is 0 Å². The molecule has 1 aromatic carbocycles. The van der Waals surface area contributed by atoms with Crippen molar-refractivity contribution >= 4 is 0 Å². The molecule has 0 bridgehead atoms. The Kier molecular flexibility index (Phi) is 4.86. The number of hydrogen-bond acceptors (Lipinski definition) is 2. The fourth-order valence-electron chi connectivity index (χ4n) is 2.30. The third kappa shape index (κ3) is 4.07. The number of benzene rings is 1. The Hall–Kier alpha value is -1.88. The van der Waals surface area contributed by atoms with Crippen molar-refractivity contribution in [2.45, 2.75) is 32.5 Å². The summed E-state index contributed by atoms with van der Waals surface area (Å²) in [6, 6.07) is 11.1. The molecular formula is C17H19F3N2. The summed E-state index contributed by atoms with van der Waals surface area (Å²) in [4.78, 5) is 3.68. The molecule has 0 unspecified atom stereocenters. The molecule has 118 valence electrons. The standard InChI is InChI=1S/C17H19F3N2/c1-11(2)10-14(21)12-6-8-13(9-7-12)15-4-3-5-16(22-15)17(18,19)20/h3-9,11,14H,10,21H2,1-2H3/t14-/m0/s1. The summed E-state index contributed by atoms with van der Waals surface area (Å²) >= 11 is 0. The molecule has 2 N–H and O–H groups in total. The lowest BCUT2D eigenvalue weighted by Gasteiger charge is -2.15. The molecule has 0 saturated carbocycles. The van der Waals surface area contributed by atoms with Crippen molar-refractivity contribution in [3.8, 4) is 11.3 Å². The topological polar surface area (TPSA) is 38.9 Å². The average molecular weight is 308 g/mol. The number of hydrogen-bond donors (Lipinski definition) is 1. The van der Waals surface area contributed by atoms with E-state index in [-0.39, 0.29) is 6.04 Å². The molecule has 2 aromatic rings. The number of aromatic nitrogens is 1. The van der Waals surface area contributed by atoms with Gasteiger partial charge in [-0.25, -0.2) is 4.98 Å². The lowest BCUT2D eigenvalue weighted by Crippen LogP contribution is -2.12. The van der Waals surface area contributed by atoms with Gasteiger partial charge in [0.2, 0.25) is 0 Å². The van der Waals surface area contributed by atoms with E-state index in [1.807, 2.05) is 12.1 Å². The van der Waals surface area contributed by atoms with Crippen molar-refractivity contribution in [1.82, 2.24) is 4.98 Å². The first-order valence-corrected chi connectivity index (χ1v) is 7.17. The Morgan fingerprint density at radius 3 is 2.23 bits per heavy atom. The molecular weight excluding hydrogens is 289 g/mol. The number of rotatable bonds is 4. The van der Waals surface area contributed by atoms with Crippen LogP contribution in [0.1, 0.15) is 37.6 Å². The first kappa shape index (κ1) is 16.5. The van der Waals surface area contributed by atoms with E-state index in [0.717, 1.165) is 18.1 Å². The molecule has 0 fully saturated rings. The summed E-state index contributed by atoms with van der Waals surface area (Å²) in [7, 11) is 0. The molecule has 1 heterocycles. The van der Waals surface area contributed by atoms with E-state index in [0.29, 0.717) is 17.2 Å². The van der Waals surface area contributed by atoms with Crippen LogP contribution in [0.15, 0.2) is 42.5 Å². The normalized spacial score (nSPS) is 13.4. The highest BCUT2D eigenvalue weighted by atomic mass is 19.4. The maximum Gasteiger partial charge on any atom is 0.433 e. The Morgan fingerprint density at radius 2 is 1.68 bits per heavy atom. The smallest absolute Gasteiger partial charge is 0.324 e. The number of nitrogens with zero attached hydrogens (tertiary/aromatic N) is 1. The number of nitrogens with two attached hydrogens (primary N) is 1. The summed E-state index contributed by atoms with van der Waals surface area (Å²) < 4.78 is 38.1. The van der Waals surface area contributed by atoms with Crippen LogP contribution in [0.2, 0.25) is 0 Å². The Labute approximate surface area is 128 Å². The third-order valence-corrected chi connectivity index (χ3v) is 3.40. The van der Waals surface area contributed by atoms with Crippen molar-refractivity contribution in [2.24, 2.45) is 11.7 Å². The maximum atomic E-state index is 12.7. The molecule has 2 rings (SSSR count). The molecule has 0 aliphatic rings. The van der Waals surface area contributed by atoms with E-state index in [1.165, 1.54) is 6.07 Å². The van der Waals surface area contributed by atoms with Gasteiger partial charge in [0, 0.05) is 11.6 Å². The van der Waals surface area contributed by atoms with Crippen LogP contribution in [0.4, 0.5) is 13.2 Å². The van der Waals surface area contributed by atoms with Crippen LogP contribution < -0.4 is 5.73 Å². The van der Waals surface area contributed by atoms with Crippen molar-refractivity contribution in [1.29, 1.82) is 0 Å². The average Bonchev–Trinajstić information content (AvgIpc) is 2.46. The summed E-state index contributed by atoms with van der Waals surface area (Å²) in [5.74, 6) is 0.486. The van der Waals surface area contributed by atoms with Gasteiger partial charge in [-0.05, 0) is 30.0 Å². The van der Waals surface area contributed by atoms with E-state index in [4.69, 9.17) is 5.73 Å². The molecule has 0 spiro atoms.